The van der Waals surface area contributed by atoms with E-state index in [1.54, 1.807) is 0 Å². The largest absolute Gasteiger partial charge is 0.490 e. The molecule has 172 valence electrons. The second kappa shape index (κ2) is 7.97. The molecule has 4 rings (SSSR count). The first-order valence-electron chi connectivity index (χ1n) is 10.1. The van der Waals surface area contributed by atoms with Crippen molar-refractivity contribution in [3.8, 4) is 5.75 Å². The van der Waals surface area contributed by atoms with Gasteiger partial charge in [0.2, 0.25) is 0 Å². The topological polar surface area (TPSA) is 42.4 Å². The third-order valence-corrected chi connectivity index (χ3v) is 6.01. The maximum absolute atomic E-state index is 13.0. The van der Waals surface area contributed by atoms with Gasteiger partial charge in [-0.3, -0.25) is 4.79 Å². The van der Waals surface area contributed by atoms with Crippen LogP contribution in [0.5, 0.6) is 5.75 Å². The van der Waals surface area contributed by atoms with Gasteiger partial charge in [-0.1, -0.05) is 0 Å². The Bertz CT molecular complexity index is 989. The third-order valence-electron chi connectivity index (χ3n) is 6.01. The number of hydrogen-bond donors (Lipinski definition) is 0. The number of rotatable bonds is 4. The maximum atomic E-state index is 13.0. The third kappa shape index (κ3) is 4.40. The molecule has 0 spiro atoms. The van der Waals surface area contributed by atoms with Crippen LogP contribution in [0.15, 0.2) is 36.5 Å². The number of anilines is 1. The molecule has 0 N–H and O–H groups in total. The Balaban J connectivity index is 1.50. The molecule has 3 heterocycles. The monoisotopic (exact) mass is 458 g/mol. The summed E-state index contributed by atoms with van der Waals surface area (Å²) in [6.07, 6.45) is -5.87. The number of Topliss-reactive ketones (excluding diaryl/α,β-unsaturated/α-hetero) is 1. The predicted octanol–water partition coefficient (Wildman–Crippen LogP) is 5.90. The number of ether oxygens (including phenoxy) is 1. The molecule has 2 aromatic rings. The Morgan fingerprint density at radius 3 is 2.06 bits per heavy atom. The van der Waals surface area contributed by atoms with Crippen LogP contribution in [-0.2, 0) is 12.4 Å². The number of alkyl halides is 6. The lowest BCUT2D eigenvalue weighted by Gasteiger charge is -2.40. The molecular formula is C22H20F6N2O2. The van der Waals surface area contributed by atoms with E-state index >= 15 is 0 Å². The molecule has 1 aromatic carbocycles. The van der Waals surface area contributed by atoms with Crippen LogP contribution in [0.2, 0.25) is 0 Å². The van der Waals surface area contributed by atoms with E-state index in [4.69, 9.17) is 4.74 Å². The Morgan fingerprint density at radius 2 is 1.56 bits per heavy atom. The number of fused-ring (bicyclic) bond motifs is 2. The highest BCUT2D eigenvalue weighted by atomic mass is 19.4. The van der Waals surface area contributed by atoms with Crippen molar-refractivity contribution in [3.05, 3.63) is 53.2 Å². The summed E-state index contributed by atoms with van der Waals surface area (Å²) in [5.74, 6) is 0.0411. The maximum Gasteiger partial charge on any atom is 0.417 e. The van der Waals surface area contributed by atoms with E-state index in [2.05, 4.69) is 4.98 Å². The minimum atomic E-state index is -4.57. The molecule has 10 heteroatoms. The SMILES string of the molecule is CC(=O)c1cc(C(F)(F)F)ccc1OC1CC2CC[C@@H](C1)N2c1ccc(C(F)(F)F)cn1. The zero-order valence-electron chi connectivity index (χ0n) is 17.0. The van der Waals surface area contributed by atoms with Crippen molar-refractivity contribution in [2.75, 3.05) is 4.90 Å². The van der Waals surface area contributed by atoms with Crippen LogP contribution in [0.4, 0.5) is 32.2 Å². The van der Waals surface area contributed by atoms with E-state index in [0.29, 0.717) is 18.7 Å². The summed E-state index contributed by atoms with van der Waals surface area (Å²) in [6.45, 7) is 1.19. The highest BCUT2D eigenvalue weighted by Gasteiger charge is 2.43. The number of carbonyl (C=O) groups is 1. The Morgan fingerprint density at radius 1 is 0.969 bits per heavy atom. The smallest absolute Gasteiger partial charge is 0.417 e. The highest BCUT2D eigenvalue weighted by molar-refractivity contribution is 5.97. The number of carbonyl (C=O) groups excluding carboxylic acids is 1. The van der Waals surface area contributed by atoms with Gasteiger partial charge < -0.3 is 9.64 Å². The molecule has 2 aliphatic heterocycles. The predicted molar refractivity (Wildman–Crippen MR) is 104 cm³/mol. The fraction of sp³-hybridized carbons (Fsp3) is 0.455. The number of hydrogen-bond acceptors (Lipinski definition) is 4. The van der Waals surface area contributed by atoms with Crippen LogP contribution in [0, 0.1) is 0 Å². The molecule has 32 heavy (non-hydrogen) atoms. The van der Waals surface area contributed by atoms with Gasteiger partial charge in [0.1, 0.15) is 17.7 Å². The van der Waals surface area contributed by atoms with E-state index in [0.717, 1.165) is 37.2 Å². The fourth-order valence-corrected chi connectivity index (χ4v) is 4.57. The second-order valence-electron chi connectivity index (χ2n) is 8.17. The zero-order valence-corrected chi connectivity index (χ0v) is 17.0. The summed E-state index contributed by atoms with van der Waals surface area (Å²) in [4.78, 5) is 17.9. The van der Waals surface area contributed by atoms with Gasteiger partial charge in [-0.05, 0) is 50.1 Å². The van der Waals surface area contributed by atoms with Crippen LogP contribution in [0.25, 0.3) is 0 Å². The molecule has 3 atom stereocenters. The van der Waals surface area contributed by atoms with Crippen molar-refractivity contribution in [3.63, 3.8) is 0 Å². The molecule has 0 aliphatic carbocycles. The number of piperidine rings is 1. The number of ketones is 1. The first-order chi connectivity index (χ1) is 14.9. The lowest BCUT2D eigenvalue weighted by molar-refractivity contribution is -0.138. The van der Waals surface area contributed by atoms with E-state index in [-0.39, 0.29) is 29.5 Å². The molecule has 0 radical (unpaired) electrons. The Kier molecular flexibility index (Phi) is 5.58. The van der Waals surface area contributed by atoms with Crippen LogP contribution in [0.1, 0.15) is 54.1 Å². The molecule has 4 nitrogen and oxygen atoms in total. The van der Waals surface area contributed by atoms with Gasteiger partial charge in [0.05, 0.1) is 16.7 Å². The lowest BCUT2D eigenvalue weighted by Crippen LogP contribution is -2.47. The summed E-state index contributed by atoms with van der Waals surface area (Å²) >= 11 is 0. The van der Waals surface area contributed by atoms with Gasteiger partial charge in [-0.25, -0.2) is 4.98 Å². The molecule has 2 aliphatic rings. The van der Waals surface area contributed by atoms with E-state index in [1.165, 1.54) is 19.1 Å². The van der Waals surface area contributed by atoms with E-state index < -0.39 is 29.3 Å². The molecular weight excluding hydrogens is 438 g/mol. The summed E-state index contributed by atoms with van der Waals surface area (Å²) in [5.41, 5.74) is -1.86. The second-order valence-corrected chi connectivity index (χ2v) is 8.17. The Labute approximate surface area is 180 Å². The van der Waals surface area contributed by atoms with E-state index in [1.807, 2.05) is 4.90 Å². The summed E-state index contributed by atoms with van der Waals surface area (Å²) in [5, 5.41) is 0. The molecule has 2 fully saturated rings. The normalized spacial score (nSPS) is 23.3. The number of benzene rings is 1. The summed E-state index contributed by atoms with van der Waals surface area (Å²) in [6, 6.07) is 5.19. The fourth-order valence-electron chi connectivity index (χ4n) is 4.57. The van der Waals surface area contributed by atoms with Crippen LogP contribution in [0.3, 0.4) is 0 Å². The lowest BCUT2D eigenvalue weighted by atomic mass is 9.99. The van der Waals surface area contributed by atoms with Crippen LogP contribution >= 0.6 is 0 Å². The van der Waals surface area contributed by atoms with Gasteiger partial charge in [0.15, 0.2) is 5.78 Å². The molecule has 1 aromatic heterocycles. The molecule has 2 saturated heterocycles. The van der Waals surface area contributed by atoms with Gasteiger partial charge in [0.25, 0.3) is 0 Å². The standard InChI is InChI=1S/C22H20F6N2O2/c1-12(31)18-8-13(21(23,24)25)2-6-19(18)32-17-9-15-4-5-16(10-17)30(15)20-7-3-14(11-29-20)22(26,27)28/h2-3,6-8,11,15-17H,4-5,9-10H2,1H3/t15-,16?,17?/m0/s1. The molecule has 2 bridgehead atoms. The van der Waals surface area contributed by atoms with Crippen molar-refractivity contribution >= 4 is 11.6 Å². The first kappa shape index (κ1) is 22.4. The first-order valence-corrected chi connectivity index (χ1v) is 10.1. The number of halogens is 6. The average molecular weight is 458 g/mol. The molecule has 0 saturated carbocycles. The number of aromatic nitrogens is 1. The van der Waals surface area contributed by atoms with Crippen molar-refractivity contribution < 1.29 is 35.9 Å². The molecule has 0 amide bonds. The van der Waals surface area contributed by atoms with Gasteiger partial charge >= 0.3 is 12.4 Å². The minimum absolute atomic E-state index is 0.0155. The van der Waals surface area contributed by atoms with Crippen LogP contribution in [-0.4, -0.2) is 29.0 Å². The summed E-state index contributed by atoms with van der Waals surface area (Å²) < 4.78 is 83.4. The Hall–Kier alpha value is -2.78. The molecule has 2 unspecified atom stereocenters. The van der Waals surface area contributed by atoms with Crippen molar-refractivity contribution in [1.82, 2.24) is 4.98 Å². The zero-order chi connectivity index (χ0) is 23.3. The van der Waals surface area contributed by atoms with E-state index in [9.17, 15) is 31.1 Å². The quantitative estimate of drug-likeness (QED) is 0.423. The minimum Gasteiger partial charge on any atom is -0.490 e. The number of nitrogens with zero attached hydrogens (tertiary/aromatic N) is 2. The van der Waals surface area contributed by atoms with Crippen molar-refractivity contribution in [2.24, 2.45) is 0 Å². The number of pyridine rings is 1. The van der Waals surface area contributed by atoms with Crippen molar-refractivity contribution in [1.29, 1.82) is 0 Å². The van der Waals surface area contributed by atoms with Gasteiger partial charge in [-0.15, -0.1) is 0 Å². The highest BCUT2D eigenvalue weighted by Crippen LogP contribution is 2.41. The average Bonchev–Trinajstić information content (AvgIpc) is 2.97. The van der Waals surface area contributed by atoms with Crippen LogP contribution < -0.4 is 9.64 Å². The summed E-state index contributed by atoms with van der Waals surface area (Å²) in [7, 11) is 0. The van der Waals surface area contributed by atoms with Gasteiger partial charge in [0, 0.05) is 31.1 Å². The van der Waals surface area contributed by atoms with Crippen molar-refractivity contribution in [2.45, 2.75) is 63.1 Å². The van der Waals surface area contributed by atoms with Gasteiger partial charge in [-0.2, -0.15) is 26.3 Å².